The molecule has 0 unspecified atom stereocenters. The van der Waals surface area contributed by atoms with Gasteiger partial charge in [-0.3, -0.25) is 4.90 Å². The van der Waals surface area contributed by atoms with Crippen molar-refractivity contribution >= 4 is 0 Å². The Balaban J connectivity index is 2.59. The molecule has 0 spiro atoms. The van der Waals surface area contributed by atoms with Gasteiger partial charge in [-0.15, -0.1) is 0 Å². The molecule has 14 heavy (non-hydrogen) atoms. The van der Waals surface area contributed by atoms with Crippen LogP contribution in [0.5, 0.6) is 0 Å². The SMILES string of the molecule is CN(C)C[C@H]1COCCN1C(C)(C)C. The average Bonchev–Trinajstić information content (AvgIpc) is 2.01. The largest absolute Gasteiger partial charge is 0.378 e. The van der Waals surface area contributed by atoms with Crippen LogP contribution in [0.15, 0.2) is 0 Å². The zero-order valence-corrected chi connectivity index (χ0v) is 10.2. The summed E-state index contributed by atoms with van der Waals surface area (Å²) in [5.74, 6) is 0. The van der Waals surface area contributed by atoms with Gasteiger partial charge in [-0.2, -0.15) is 0 Å². The van der Waals surface area contributed by atoms with Crippen LogP contribution in [0.25, 0.3) is 0 Å². The van der Waals surface area contributed by atoms with Gasteiger partial charge in [0.15, 0.2) is 0 Å². The lowest BCUT2D eigenvalue weighted by Gasteiger charge is -2.45. The second-order valence-corrected chi connectivity index (χ2v) is 5.36. The number of morpholine rings is 1. The van der Waals surface area contributed by atoms with Crippen LogP contribution in [0.4, 0.5) is 0 Å². The Morgan fingerprint density at radius 3 is 2.50 bits per heavy atom. The zero-order chi connectivity index (χ0) is 10.8. The molecule has 3 nitrogen and oxygen atoms in total. The predicted octanol–water partition coefficient (Wildman–Crippen LogP) is 1.05. The molecule has 0 radical (unpaired) electrons. The Bertz CT molecular complexity index is 175. The minimum atomic E-state index is 0.254. The van der Waals surface area contributed by atoms with E-state index in [1.807, 2.05) is 0 Å². The van der Waals surface area contributed by atoms with E-state index in [0.717, 1.165) is 26.3 Å². The van der Waals surface area contributed by atoms with Crippen molar-refractivity contribution in [2.75, 3.05) is 40.4 Å². The van der Waals surface area contributed by atoms with E-state index < -0.39 is 0 Å². The van der Waals surface area contributed by atoms with Gasteiger partial charge < -0.3 is 9.64 Å². The molecule has 0 bridgehead atoms. The molecule has 1 aliphatic heterocycles. The highest BCUT2D eigenvalue weighted by Gasteiger charge is 2.31. The van der Waals surface area contributed by atoms with Crippen LogP contribution in [-0.2, 0) is 4.74 Å². The second-order valence-electron chi connectivity index (χ2n) is 5.36. The lowest BCUT2D eigenvalue weighted by atomic mass is 10.0. The summed E-state index contributed by atoms with van der Waals surface area (Å²) in [5, 5.41) is 0. The molecule has 0 saturated carbocycles. The maximum absolute atomic E-state index is 5.54. The number of ether oxygens (including phenoxy) is 1. The molecule has 0 amide bonds. The van der Waals surface area contributed by atoms with Crippen LogP contribution < -0.4 is 0 Å². The van der Waals surface area contributed by atoms with Gasteiger partial charge in [0, 0.05) is 24.7 Å². The molecular formula is C11H24N2O. The third kappa shape index (κ3) is 3.23. The van der Waals surface area contributed by atoms with Crippen molar-refractivity contribution in [3.05, 3.63) is 0 Å². The van der Waals surface area contributed by atoms with Crippen molar-refractivity contribution in [1.82, 2.24) is 9.80 Å². The highest BCUT2D eigenvalue weighted by atomic mass is 16.5. The fourth-order valence-electron chi connectivity index (χ4n) is 2.11. The Hall–Kier alpha value is -0.120. The number of hydrogen-bond donors (Lipinski definition) is 0. The Morgan fingerprint density at radius 2 is 2.00 bits per heavy atom. The van der Waals surface area contributed by atoms with Gasteiger partial charge in [0.05, 0.1) is 13.2 Å². The summed E-state index contributed by atoms with van der Waals surface area (Å²) in [7, 11) is 4.24. The molecule has 1 fully saturated rings. The third-order valence-corrected chi connectivity index (χ3v) is 2.67. The normalized spacial score (nSPS) is 25.7. The predicted molar refractivity (Wildman–Crippen MR) is 59.6 cm³/mol. The number of hydrogen-bond acceptors (Lipinski definition) is 3. The first-order valence-corrected chi connectivity index (χ1v) is 5.40. The zero-order valence-electron chi connectivity index (χ0n) is 10.2. The molecule has 0 N–H and O–H groups in total. The van der Waals surface area contributed by atoms with Gasteiger partial charge in [-0.05, 0) is 34.9 Å². The quantitative estimate of drug-likeness (QED) is 0.662. The first kappa shape index (κ1) is 12.0. The first-order valence-electron chi connectivity index (χ1n) is 5.40. The Labute approximate surface area is 88.0 Å². The summed E-state index contributed by atoms with van der Waals surface area (Å²) in [6.07, 6.45) is 0. The van der Waals surface area contributed by atoms with Crippen LogP contribution >= 0.6 is 0 Å². The van der Waals surface area contributed by atoms with Crippen LogP contribution in [0.3, 0.4) is 0 Å². The molecule has 0 aliphatic carbocycles. The van der Waals surface area contributed by atoms with E-state index in [1.54, 1.807) is 0 Å². The number of likely N-dealkylation sites (N-methyl/N-ethyl adjacent to an activating group) is 1. The van der Waals surface area contributed by atoms with Crippen LogP contribution in [0.2, 0.25) is 0 Å². The molecule has 0 aromatic heterocycles. The van der Waals surface area contributed by atoms with Gasteiger partial charge in [-0.25, -0.2) is 0 Å². The van der Waals surface area contributed by atoms with Crippen molar-refractivity contribution in [2.24, 2.45) is 0 Å². The Morgan fingerprint density at radius 1 is 1.36 bits per heavy atom. The smallest absolute Gasteiger partial charge is 0.0635 e. The molecular weight excluding hydrogens is 176 g/mol. The van der Waals surface area contributed by atoms with Crippen molar-refractivity contribution in [1.29, 1.82) is 0 Å². The second kappa shape index (κ2) is 4.60. The van der Waals surface area contributed by atoms with E-state index in [2.05, 4.69) is 44.7 Å². The molecule has 1 heterocycles. The van der Waals surface area contributed by atoms with Crippen molar-refractivity contribution < 1.29 is 4.74 Å². The molecule has 3 heteroatoms. The summed E-state index contributed by atoms with van der Waals surface area (Å²) in [6.45, 7) is 10.7. The highest BCUT2D eigenvalue weighted by molar-refractivity contribution is 4.86. The first-order chi connectivity index (χ1) is 6.41. The van der Waals surface area contributed by atoms with Crippen molar-refractivity contribution in [2.45, 2.75) is 32.4 Å². The summed E-state index contributed by atoms with van der Waals surface area (Å²) < 4.78 is 5.54. The molecule has 1 saturated heterocycles. The van der Waals surface area contributed by atoms with Crippen LogP contribution in [0.1, 0.15) is 20.8 Å². The van der Waals surface area contributed by atoms with Crippen LogP contribution in [-0.4, -0.2) is 61.8 Å². The molecule has 0 aromatic carbocycles. The standard InChI is InChI=1S/C11H24N2O/c1-11(2,3)13-6-7-14-9-10(13)8-12(4)5/h10H,6-9H2,1-5H3/t10-/m0/s1. The van der Waals surface area contributed by atoms with Crippen molar-refractivity contribution in [3.8, 4) is 0 Å². The maximum atomic E-state index is 5.54. The Kier molecular flexibility index (Phi) is 3.93. The van der Waals surface area contributed by atoms with Crippen molar-refractivity contribution in [3.63, 3.8) is 0 Å². The van der Waals surface area contributed by atoms with Gasteiger partial charge in [0.25, 0.3) is 0 Å². The monoisotopic (exact) mass is 200 g/mol. The molecule has 84 valence electrons. The molecule has 1 aliphatic rings. The fraction of sp³-hybridized carbons (Fsp3) is 1.00. The molecule has 1 atom stereocenters. The van der Waals surface area contributed by atoms with E-state index in [1.165, 1.54) is 0 Å². The summed E-state index contributed by atoms with van der Waals surface area (Å²) in [4.78, 5) is 4.79. The van der Waals surface area contributed by atoms with Gasteiger partial charge >= 0.3 is 0 Å². The number of nitrogens with zero attached hydrogens (tertiary/aromatic N) is 2. The van der Waals surface area contributed by atoms with E-state index in [9.17, 15) is 0 Å². The third-order valence-electron chi connectivity index (χ3n) is 2.67. The minimum absolute atomic E-state index is 0.254. The van der Waals surface area contributed by atoms with Gasteiger partial charge in [-0.1, -0.05) is 0 Å². The number of rotatable bonds is 2. The van der Waals surface area contributed by atoms with E-state index in [4.69, 9.17) is 4.74 Å². The molecule has 1 rings (SSSR count). The minimum Gasteiger partial charge on any atom is -0.378 e. The summed E-state index contributed by atoms with van der Waals surface area (Å²) in [5.41, 5.74) is 0.254. The lowest BCUT2D eigenvalue weighted by molar-refractivity contribution is -0.0555. The van der Waals surface area contributed by atoms with Crippen LogP contribution in [0, 0.1) is 0 Å². The highest BCUT2D eigenvalue weighted by Crippen LogP contribution is 2.20. The van der Waals surface area contributed by atoms with Gasteiger partial charge in [0.2, 0.25) is 0 Å². The summed E-state index contributed by atoms with van der Waals surface area (Å²) >= 11 is 0. The summed E-state index contributed by atoms with van der Waals surface area (Å²) in [6, 6.07) is 0.541. The van der Waals surface area contributed by atoms with E-state index in [0.29, 0.717) is 6.04 Å². The molecule has 0 aromatic rings. The van der Waals surface area contributed by atoms with Gasteiger partial charge in [0.1, 0.15) is 0 Å². The lowest BCUT2D eigenvalue weighted by Crippen LogP contribution is -2.57. The average molecular weight is 200 g/mol. The fourth-order valence-corrected chi connectivity index (χ4v) is 2.11. The van der Waals surface area contributed by atoms with E-state index in [-0.39, 0.29) is 5.54 Å². The topological polar surface area (TPSA) is 15.7 Å². The maximum Gasteiger partial charge on any atom is 0.0635 e. The van der Waals surface area contributed by atoms with E-state index >= 15 is 0 Å².